The summed E-state index contributed by atoms with van der Waals surface area (Å²) in [5.41, 5.74) is -2.05. The van der Waals surface area contributed by atoms with Gasteiger partial charge < -0.3 is 14.6 Å². The lowest BCUT2D eigenvalue weighted by atomic mass is 9.53. The molecule has 0 aromatic carbocycles. The lowest BCUT2D eigenvalue weighted by Crippen LogP contribution is -2.77. The molecule has 10 heteroatoms. The smallest absolute Gasteiger partial charge is 0.317 e. The van der Waals surface area contributed by atoms with Gasteiger partial charge >= 0.3 is 11.9 Å². The van der Waals surface area contributed by atoms with Gasteiger partial charge in [-0.1, -0.05) is 18.1 Å². The summed E-state index contributed by atoms with van der Waals surface area (Å²) in [6.07, 6.45) is 7.43. The number of rotatable bonds is 5. The number of pyridine rings is 2. The van der Waals surface area contributed by atoms with E-state index < -0.39 is 41.0 Å². The molecule has 5 atom stereocenters. The second kappa shape index (κ2) is 11.5. The van der Waals surface area contributed by atoms with Crippen LogP contribution in [0.3, 0.4) is 0 Å². The van der Waals surface area contributed by atoms with E-state index in [2.05, 4.69) is 15.9 Å². The average Bonchev–Trinajstić information content (AvgIpc) is 2.91. The van der Waals surface area contributed by atoms with Crippen LogP contribution in [0, 0.1) is 34.5 Å². The van der Waals surface area contributed by atoms with Crippen molar-refractivity contribution < 1.29 is 24.2 Å². The predicted octanol–water partition coefficient (Wildman–Crippen LogP) is 1.36. The first kappa shape index (κ1) is 27.8. The van der Waals surface area contributed by atoms with Crippen molar-refractivity contribution in [3.05, 3.63) is 60.2 Å². The fraction of sp³-hybridized carbons (Fsp3) is 0.444. The highest BCUT2D eigenvalue weighted by Crippen LogP contribution is 2.62. The van der Waals surface area contributed by atoms with Crippen molar-refractivity contribution in [1.82, 2.24) is 19.8 Å². The van der Waals surface area contributed by atoms with E-state index in [1.165, 1.54) is 21.1 Å². The van der Waals surface area contributed by atoms with E-state index in [4.69, 9.17) is 21.2 Å². The van der Waals surface area contributed by atoms with Gasteiger partial charge in [0.15, 0.2) is 0 Å². The van der Waals surface area contributed by atoms with Crippen LogP contribution in [0.15, 0.2) is 48.8 Å². The van der Waals surface area contributed by atoms with Crippen LogP contribution in [-0.4, -0.2) is 83.8 Å². The number of ether oxygens (including phenoxy) is 2. The number of likely N-dealkylation sites (tertiary alicyclic amines) is 2. The van der Waals surface area contributed by atoms with E-state index in [0.29, 0.717) is 11.4 Å². The number of nitriles is 1. The van der Waals surface area contributed by atoms with Crippen molar-refractivity contribution in [2.24, 2.45) is 10.8 Å². The number of aliphatic hydroxyl groups is 1. The standard InChI is InChI=1S/C25H28N4O5.C2H3N/c1-5-14-29-15-24(22(31)33-3)19(17-10-6-8-12-26-17)28(2)20(18-11-7-9-13-27-18)25(16-29,21(24)30)23(32)34-4;1-2-3/h1,6-13,19-21,30H,14-16H2,2-4H3;1H3/t19-,20+,21?,24-,25+;. The van der Waals surface area contributed by atoms with Crippen molar-refractivity contribution in [3.63, 3.8) is 0 Å². The van der Waals surface area contributed by atoms with Gasteiger partial charge in [0.25, 0.3) is 0 Å². The van der Waals surface area contributed by atoms with Gasteiger partial charge in [0.2, 0.25) is 0 Å². The van der Waals surface area contributed by atoms with Crippen molar-refractivity contribution in [2.45, 2.75) is 25.1 Å². The minimum absolute atomic E-state index is 0.0737. The monoisotopic (exact) mass is 505 g/mol. The molecule has 1 N–H and O–H groups in total. The third-order valence-electron chi connectivity index (χ3n) is 7.12. The number of esters is 2. The maximum atomic E-state index is 13.6. The molecule has 2 aliphatic rings. The van der Waals surface area contributed by atoms with Gasteiger partial charge in [0, 0.05) is 32.4 Å². The quantitative estimate of drug-likeness (QED) is 0.470. The fourth-order valence-electron chi connectivity index (χ4n) is 5.99. The third kappa shape index (κ3) is 4.44. The van der Waals surface area contributed by atoms with Crippen LogP contribution in [0.2, 0.25) is 0 Å². The molecule has 2 aromatic rings. The first-order chi connectivity index (χ1) is 17.8. The Morgan fingerprint density at radius 3 is 1.81 bits per heavy atom. The number of carbonyl (C=O) groups excluding carboxylic acids is 2. The van der Waals surface area contributed by atoms with Crippen LogP contribution in [0.25, 0.3) is 0 Å². The maximum absolute atomic E-state index is 13.6. The van der Waals surface area contributed by atoms with Crippen molar-refractivity contribution in [1.29, 1.82) is 5.26 Å². The number of methoxy groups -OCH3 is 2. The lowest BCUT2D eigenvalue weighted by molar-refractivity contribution is -0.248. The topological polar surface area (TPSA) is 129 Å². The molecule has 2 fully saturated rings. The average molecular weight is 506 g/mol. The summed E-state index contributed by atoms with van der Waals surface area (Å²) in [5, 5.41) is 19.4. The van der Waals surface area contributed by atoms with Gasteiger partial charge in [-0.3, -0.25) is 29.4 Å². The molecule has 0 spiro atoms. The molecule has 0 saturated carbocycles. The fourth-order valence-corrected chi connectivity index (χ4v) is 5.99. The Morgan fingerprint density at radius 1 is 1.05 bits per heavy atom. The highest BCUT2D eigenvalue weighted by Gasteiger charge is 2.74. The van der Waals surface area contributed by atoms with Gasteiger partial charge in [0.1, 0.15) is 10.8 Å². The number of piperidine rings is 2. The van der Waals surface area contributed by atoms with Crippen LogP contribution in [-0.2, 0) is 19.1 Å². The second-order valence-corrected chi connectivity index (χ2v) is 9.02. The summed E-state index contributed by atoms with van der Waals surface area (Å²) in [4.78, 5) is 40.0. The maximum Gasteiger partial charge on any atom is 0.317 e. The number of carbonyl (C=O) groups is 2. The van der Waals surface area contributed by atoms with Crippen LogP contribution < -0.4 is 0 Å². The molecular weight excluding hydrogens is 474 g/mol. The molecular formula is C27H31N5O5. The van der Waals surface area contributed by atoms with Gasteiger partial charge in [-0.15, -0.1) is 6.42 Å². The van der Waals surface area contributed by atoms with Gasteiger partial charge in [-0.2, -0.15) is 5.26 Å². The summed E-state index contributed by atoms with van der Waals surface area (Å²) in [5.74, 6) is 1.29. The van der Waals surface area contributed by atoms with Crippen LogP contribution in [0.1, 0.15) is 30.4 Å². The summed E-state index contributed by atoms with van der Waals surface area (Å²) in [6, 6.07) is 11.0. The highest BCUT2D eigenvalue weighted by molar-refractivity contribution is 5.86. The number of aromatic nitrogens is 2. The summed E-state index contributed by atoms with van der Waals surface area (Å²) in [7, 11) is 4.34. The molecule has 1 unspecified atom stereocenters. The largest absolute Gasteiger partial charge is 0.468 e. The van der Waals surface area contributed by atoms with E-state index in [9.17, 15) is 14.7 Å². The normalized spacial score (nSPS) is 29.0. The number of hydrogen-bond acceptors (Lipinski definition) is 10. The second-order valence-electron chi connectivity index (χ2n) is 9.02. The molecule has 10 nitrogen and oxygen atoms in total. The summed E-state index contributed by atoms with van der Waals surface area (Å²) >= 11 is 0. The SMILES string of the molecule is C#CCN1C[C@]2(C(=O)OC)C(O)[C@](C(=O)OC)(C1)[C@H](c1ccccn1)N(C)[C@@H]2c1ccccn1.CC#N. The first-order valence-corrected chi connectivity index (χ1v) is 11.6. The van der Waals surface area contributed by atoms with E-state index >= 15 is 0 Å². The van der Waals surface area contributed by atoms with Crippen LogP contribution in [0.5, 0.6) is 0 Å². The Hall–Kier alpha value is -3.83. The highest BCUT2D eigenvalue weighted by atomic mass is 16.5. The van der Waals surface area contributed by atoms with Gasteiger partial charge in [0.05, 0.1) is 56.4 Å². The molecule has 4 rings (SSSR count). The van der Waals surface area contributed by atoms with Crippen LogP contribution in [0.4, 0.5) is 0 Å². The molecule has 2 aliphatic heterocycles. The molecule has 0 amide bonds. The van der Waals surface area contributed by atoms with Gasteiger partial charge in [-0.25, -0.2) is 0 Å². The van der Waals surface area contributed by atoms with Crippen molar-refractivity contribution in [2.75, 3.05) is 40.9 Å². The number of terminal acetylenes is 1. The molecule has 2 aromatic heterocycles. The molecule has 4 heterocycles. The van der Waals surface area contributed by atoms with Crippen molar-refractivity contribution in [3.8, 4) is 18.4 Å². The number of nitrogens with zero attached hydrogens (tertiary/aromatic N) is 5. The molecule has 37 heavy (non-hydrogen) atoms. The first-order valence-electron chi connectivity index (χ1n) is 11.6. The molecule has 0 aliphatic carbocycles. The zero-order valence-corrected chi connectivity index (χ0v) is 21.4. The zero-order chi connectivity index (χ0) is 27.2. The predicted molar refractivity (Wildman–Crippen MR) is 133 cm³/mol. The Kier molecular flexibility index (Phi) is 8.61. The Bertz CT molecular complexity index is 1100. The summed E-state index contributed by atoms with van der Waals surface area (Å²) < 4.78 is 10.5. The van der Waals surface area contributed by atoms with E-state index in [1.807, 2.05) is 21.9 Å². The minimum Gasteiger partial charge on any atom is -0.468 e. The van der Waals surface area contributed by atoms with Crippen LogP contribution >= 0.6 is 0 Å². The number of aliphatic hydroxyl groups excluding tert-OH is 1. The van der Waals surface area contributed by atoms with E-state index in [0.717, 1.165) is 0 Å². The lowest BCUT2D eigenvalue weighted by Gasteiger charge is -2.64. The van der Waals surface area contributed by atoms with Crippen molar-refractivity contribution >= 4 is 11.9 Å². The Morgan fingerprint density at radius 2 is 1.49 bits per heavy atom. The Balaban J connectivity index is 0.00000121. The van der Waals surface area contributed by atoms with E-state index in [-0.39, 0.29) is 19.6 Å². The number of fused-ring (bicyclic) bond motifs is 2. The zero-order valence-electron chi connectivity index (χ0n) is 21.4. The molecule has 2 saturated heterocycles. The van der Waals surface area contributed by atoms with Gasteiger partial charge in [-0.05, 0) is 31.3 Å². The third-order valence-corrected chi connectivity index (χ3v) is 7.12. The minimum atomic E-state index is -1.58. The van der Waals surface area contributed by atoms with E-state index in [1.54, 1.807) is 49.8 Å². The molecule has 0 radical (unpaired) electrons. The Labute approximate surface area is 216 Å². The number of hydrogen-bond donors (Lipinski definition) is 1. The molecule has 194 valence electrons. The molecule has 2 bridgehead atoms. The summed E-state index contributed by atoms with van der Waals surface area (Å²) in [6.45, 7) is 1.74.